The topological polar surface area (TPSA) is 76.5 Å². The largest absolute Gasteiger partial charge is 0.573 e. The van der Waals surface area contributed by atoms with Gasteiger partial charge in [-0.2, -0.15) is 5.10 Å². The average Bonchev–Trinajstić information content (AvgIpc) is 3.22. The molecule has 0 unspecified atom stereocenters. The van der Waals surface area contributed by atoms with E-state index in [1.165, 1.54) is 0 Å². The number of fused-ring (bicyclic) bond motifs is 1. The van der Waals surface area contributed by atoms with Crippen LogP contribution in [0.3, 0.4) is 0 Å². The number of anilines is 1. The zero-order chi connectivity index (χ0) is 26.2. The third kappa shape index (κ3) is 5.19. The van der Waals surface area contributed by atoms with Crippen LogP contribution in [0.15, 0.2) is 54.9 Å². The molecular formula is C25H24F4N4O3. The molecule has 4 rings (SSSR count). The lowest BCUT2D eigenvalue weighted by atomic mass is 9.79. The van der Waals surface area contributed by atoms with Gasteiger partial charge in [0.05, 0.1) is 18.2 Å². The summed E-state index contributed by atoms with van der Waals surface area (Å²) < 4.78 is 57.2. The Morgan fingerprint density at radius 2 is 1.92 bits per heavy atom. The fourth-order valence-electron chi connectivity index (χ4n) is 4.44. The lowest BCUT2D eigenvalue weighted by Crippen LogP contribution is -2.47. The Morgan fingerprint density at radius 3 is 2.56 bits per heavy atom. The van der Waals surface area contributed by atoms with Crippen molar-refractivity contribution in [2.45, 2.75) is 32.2 Å². The van der Waals surface area contributed by atoms with Crippen LogP contribution < -0.4 is 10.1 Å². The summed E-state index contributed by atoms with van der Waals surface area (Å²) in [6.07, 6.45) is -1.81. The molecule has 2 aromatic carbocycles. The van der Waals surface area contributed by atoms with Gasteiger partial charge in [0.15, 0.2) is 11.6 Å². The van der Waals surface area contributed by atoms with Crippen LogP contribution in [-0.2, 0) is 11.8 Å². The summed E-state index contributed by atoms with van der Waals surface area (Å²) in [7, 11) is 1.71. The molecule has 1 N–H and O–H groups in total. The highest BCUT2D eigenvalue weighted by atomic mass is 19.4. The number of aryl methyl sites for hydroxylation is 1. The molecule has 0 fully saturated rings. The third-order valence-electron chi connectivity index (χ3n) is 5.77. The maximum atomic E-state index is 13.9. The van der Waals surface area contributed by atoms with Crippen molar-refractivity contribution in [1.29, 1.82) is 0 Å². The van der Waals surface area contributed by atoms with Crippen molar-refractivity contribution in [3.05, 3.63) is 77.4 Å². The molecule has 0 bridgehead atoms. The summed E-state index contributed by atoms with van der Waals surface area (Å²) in [5, 5.41) is 6.78. The number of carbonyl (C=O) groups is 2. The fraction of sp³-hybridized carbons (Fsp3) is 0.320. The number of nitrogens with zero attached hydrogens (tertiary/aromatic N) is 3. The smallest absolute Gasteiger partial charge is 0.403 e. The van der Waals surface area contributed by atoms with Crippen LogP contribution in [0.2, 0.25) is 0 Å². The number of aromatic nitrogens is 2. The second kappa shape index (κ2) is 9.63. The lowest BCUT2D eigenvalue weighted by Gasteiger charge is -2.42. The highest BCUT2D eigenvalue weighted by Gasteiger charge is 2.44. The maximum Gasteiger partial charge on any atom is 0.573 e. The van der Waals surface area contributed by atoms with Crippen molar-refractivity contribution in [3.8, 4) is 5.75 Å². The van der Waals surface area contributed by atoms with Gasteiger partial charge in [-0.1, -0.05) is 32.0 Å². The van der Waals surface area contributed by atoms with E-state index in [4.69, 9.17) is 0 Å². The number of amides is 2. The zero-order valence-corrected chi connectivity index (χ0v) is 19.7. The first kappa shape index (κ1) is 25.2. The highest BCUT2D eigenvalue weighted by molar-refractivity contribution is 6.04. The number of benzene rings is 2. The van der Waals surface area contributed by atoms with Crippen molar-refractivity contribution in [3.63, 3.8) is 0 Å². The monoisotopic (exact) mass is 504 g/mol. The Morgan fingerprint density at radius 1 is 1.19 bits per heavy atom. The minimum absolute atomic E-state index is 0.0845. The predicted molar refractivity (Wildman–Crippen MR) is 123 cm³/mol. The molecule has 0 spiro atoms. The average molecular weight is 504 g/mol. The quantitative estimate of drug-likeness (QED) is 0.478. The Bertz CT molecular complexity index is 1290. The van der Waals surface area contributed by atoms with E-state index in [-0.39, 0.29) is 17.5 Å². The molecular weight excluding hydrogens is 480 g/mol. The van der Waals surface area contributed by atoms with Crippen molar-refractivity contribution in [2.24, 2.45) is 13.0 Å². The summed E-state index contributed by atoms with van der Waals surface area (Å²) in [5.41, 5.74) is 1.37. The summed E-state index contributed by atoms with van der Waals surface area (Å²) in [5.74, 6) is -3.94. The minimum Gasteiger partial charge on any atom is -0.403 e. The summed E-state index contributed by atoms with van der Waals surface area (Å²) in [6.45, 7) is 4.25. The minimum atomic E-state index is -5.10. The van der Waals surface area contributed by atoms with Crippen LogP contribution in [-0.4, -0.2) is 39.4 Å². The third-order valence-corrected chi connectivity index (χ3v) is 5.77. The molecule has 1 aliphatic rings. The molecule has 11 heteroatoms. The first-order valence-electron chi connectivity index (χ1n) is 11.2. The van der Waals surface area contributed by atoms with Crippen molar-refractivity contribution in [1.82, 2.24) is 14.7 Å². The Kier molecular flexibility index (Phi) is 6.75. The van der Waals surface area contributed by atoms with Gasteiger partial charge < -0.3 is 15.0 Å². The molecule has 2 heterocycles. The second-order valence-electron chi connectivity index (χ2n) is 8.99. The van der Waals surface area contributed by atoms with Gasteiger partial charge in [0.1, 0.15) is 0 Å². The Balaban J connectivity index is 1.78. The van der Waals surface area contributed by atoms with Crippen LogP contribution in [0, 0.1) is 11.7 Å². The Hall–Kier alpha value is -3.89. The van der Waals surface area contributed by atoms with E-state index in [9.17, 15) is 27.2 Å². The van der Waals surface area contributed by atoms with Crippen LogP contribution in [0.25, 0.3) is 0 Å². The summed E-state index contributed by atoms with van der Waals surface area (Å²) in [6, 6.07) is 8.68. The molecule has 1 aromatic heterocycles. The lowest BCUT2D eigenvalue weighted by molar-refractivity contribution is -0.275. The van der Waals surface area contributed by atoms with E-state index < -0.39 is 35.8 Å². The number of carbonyl (C=O) groups excluding carboxylic acids is 2. The van der Waals surface area contributed by atoms with Crippen molar-refractivity contribution in [2.75, 3.05) is 11.9 Å². The van der Waals surface area contributed by atoms with E-state index in [1.807, 2.05) is 13.8 Å². The summed E-state index contributed by atoms with van der Waals surface area (Å²) in [4.78, 5) is 28.8. The van der Waals surface area contributed by atoms with Crippen LogP contribution >= 0.6 is 0 Å². The van der Waals surface area contributed by atoms with Crippen molar-refractivity contribution < 1.29 is 31.9 Å². The molecule has 7 nitrogen and oxygen atoms in total. The molecule has 36 heavy (non-hydrogen) atoms. The van der Waals surface area contributed by atoms with Gasteiger partial charge >= 0.3 is 6.36 Å². The standard InChI is InChI=1S/C25H24F4N4O3/c1-14(2)12-33-22(15-11-30-32(3)13-15)21(17-6-4-5-7-18(17)24(33)35)23(34)31-16-8-9-19(26)20(10-16)36-25(27,28)29/h4-11,13-14,21-22H,12H2,1-3H3,(H,31,34)/t21-,22+/m1/s1. The van der Waals surface area contributed by atoms with Gasteiger partial charge in [-0.3, -0.25) is 14.3 Å². The number of alkyl halides is 3. The predicted octanol–water partition coefficient (Wildman–Crippen LogP) is 5.03. The Labute approximate surface area is 204 Å². The molecule has 2 amide bonds. The fourth-order valence-corrected chi connectivity index (χ4v) is 4.44. The normalized spacial score (nSPS) is 17.8. The number of rotatable bonds is 6. The molecule has 0 radical (unpaired) electrons. The van der Waals surface area contributed by atoms with E-state index >= 15 is 0 Å². The van der Waals surface area contributed by atoms with Gasteiger partial charge in [0, 0.05) is 42.7 Å². The van der Waals surface area contributed by atoms with Gasteiger partial charge in [0.2, 0.25) is 5.91 Å². The SMILES string of the molecule is CC(C)CN1C(=O)c2ccccc2[C@@H](C(=O)Nc2ccc(F)c(OC(F)(F)F)c2)[C@@H]1c1cnn(C)c1. The molecule has 0 saturated heterocycles. The molecule has 190 valence electrons. The number of nitrogens with one attached hydrogen (secondary N) is 1. The molecule has 0 aliphatic carbocycles. The van der Waals surface area contributed by atoms with Gasteiger partial charge in [0.25, 0.3) is 5.91 Å². The van der Waals surface area contributed by atoms with E-state index in [1.54, 1.807) is 53.3 Å². The van der Waals surface area contributed by atoms with Gasteiger partial charge in [-0.25, -0.2) is 4.39 Å². The van der Waals surface area contributed by atoms with Crippen LogP contribution in [0.5, 0.6) is 5.75 Å². The highest BCUT2D eigenvalue weighted by Crippen LogP contribution is 2.43. The number of hydrogen-bond donors (Lipinski definition) is 1. The first-order valence-corrected chi connectivity index (χ1v) is 11.2. The molecule has 3 aromatic rings. The summed E-state index contributed by atoms with van der Waals surface area (Å²) >= 11 is 0. The van der Waals surface area contributed by atoms with Gasteiger partial charge in [-0.05, 0) is 29.7 Å². The number of halogens is 4. The first-order chi connectivity index (χ1) is 16.9. The number of ether oxygens (including phenoxy) is 1. The molecule has 2 atom stereocenters. The van der Waals surface area contributed by atoms with Crippen LogP contribution in [0.4, 0.5) is 23.2 Å². The zero-order valence-electron chi connectivity index (χ0n) is 19.7. The van der Waals surface area contributed by atoms with E-state index in [2.05, 4.69) is 15.2 Å². The van der Waals surface area contributed by atoms with Crippen LogP contribution in [0.1, 0.15) is 47.3 Å². The van der Waals surface area contributed by atoms with E-state index in [0.29, 0.717) is 23.2 Å². The van der Waals surface area contributed by atoms with Crippen molar-refractivity contribution >= 4 is 17.5 Å². The van der Waals surface area contributed by atoms with Gasteiger partial charge in [-0.15, -0.1) is 13.2 Å². The van der Waals surface area contributed by atoms with E-state index in [0.717, 1.165) is 18.2 Å². The number of hydrogen-bond acceptors (Lipinski definition) is 4. The molecule has 1 aliphatic heterocycles. The molecule has 0 saturated carbocycles. The maximum absolute atomic E-state index is 13.9. The second-order valence-corrected chi connectivity index (χ2v) is 8.99.